The highest BCUT2D eigenvalue weighted by Gasteiger charge is 2.28. The third-order valence-electron chi connectivity index (χ3n) is 2.95. The van der Waals surface area contributed by atoms with Gasteiger partial charge in [0.25, 0.3) is 0 Å². The van der Waals surface area contributed by atoms with Crippen LogP contribution in [-0.4, -0.2) is 32.3 Å². The smallest absolute Gasteiger partial charge is 0.314 e. The van der Waals surface area contributed by atoms with Crippen molar-refractivity contribution in [1.82, 2.24) is 9.55 Å². The van der Waals surface area contributed by atoms with Gasteiger partial charge in [-0.05, 0) is 25.7 Å². The van der Waals surface area contributed by atoms with Gasteiger partial charge in [0.05, 0.1) is 5.69 Å². The quantitative estimate of drug-likeness (QED) is 0.792. The Labute approximate surface area is 93.7 Å². The van der Waals surface area contributed by atoms with Crippen molar-refractivity contribution in [3.05, 3.63) is 17.7 Å². The Balaban J connectivity index is 2.20. The van der Waals surface area contributed by atoms with Crippen LogP contribution in [0.5, 0.6) is 0 Å². The maximum atomic E-state index is 11.0. The number of hydrogen-bond acceptors (Lipinski definition) is 3. The monoisotopic (exact) mass is 224 g/mol. The zero-order chi connectivity index (χ0) is 11.5. The van der Waals surface area contributed by atoms with Crippen LogP contribution in [0.15, 0.2) is 6.20 Å². The Kier molecular flexibility index (Phi) is 3.24. The number of aliphatic carboxylic acids is 1. The van der Waals surface area contributed by atoms with Crippen molar-refractivity contribution in [2.24, 2.45) is 0 Å². The lowest BCUT2D eigenvalue weighted by molar-refractivity contribution is -0.139. The Morgan fingerprint density at radius 1 is 1.62 bits per heavy atom. The van der Waals surface area contributed by atoms with Gasteiger partial charge in [-0.15, -0.1) is 0 Å². The van der Waals surface area contributed by atoms with E-state index in [0.29, 0.717) is 25.1 Å². The summed E-state index contributed by atoms with van der Waals surface area (Å²) in [5.41, 5.74) is 0.886. The van der Waals surface area contributed by atoms with E-state index in [1.807, 2.05) is 10.8 Å². The summed E-state index contributed by atoms with van der Waals surface area (Å²) in [6, 6.07) is 0. The summed E-state index contributed by atoms with van der Waals surface area (Å²) >= 11 is 0. The highest BCUT2D eigenvalue weighted by Crippen LogP contribution is 2.27. The molecule has 2 rings (SSSR count). The number of carboxylic acid groups (broad SMARTS) is 1. The fourth-order valence-corrected chi connectivity index (χ4v) is 2.15. The molecule has 0 amide bonds. The van der Waals surface area contributed by atoms with Crippen LogP contribution in [-0.2, 0) is 17.8 Å². The average Bonchev–Trinajstić information content (AvgIpc) is 2.68. The maximum Gasteiger partial charge on any atom is 0.314 e. The lowest BCUT2D eigenvalue weighted by Gasteiger charge is -2.19. The topological polar surface area (TPSA) is 75.3 Å². The zero-order valence-electron chi connectivity index (χ0n) is 9.09. The molecule has 0 spiro atoms. The number of aliphatic hydroxyl groups is 1. The average molecular weight is 224 g/mol. The molecule has 1 aromatic heterocycles. The fraction of sp³-hybridized carbons (Fsp3) is 0.636. The lowest BCUT2D eigenvalue weighted by Crippen LogP contribution is -2.21. The number of carboxylic acids is 1. The number of aryl methyl sites for hydroxylation is 2. The van der Waals surface area contributed by atoms with Gasteiger partial charge in [0.15, 0.2) is 0 Å². The molecule has 2 heterocycles. The predicted octanol–water partition coefficient (Wildman–Crippen LogP) is 0.770. The number of hydrogen-bond donors (Lipinski definition) is 2. The first-order valence-corrected chi connectivity index (χ1v) is 5.62. The number of nitrogens with zero attached hydrogens (tertiary/aromatic N) is 2. The van der Waals surface area contributed by atoms with Crippen LogP contribution in [0.2, 0.25) is 0 Å². The van der Waals surface area contributed by atoms with E-state index < -0.39 is 11.9 Å². The highest BCUT2D eigenvalue weighted by atomic mass is 16.4. The fourth-order valence-electron chi connectivity index (χ4n) is 2.15. The van der Waals surface area contributed by atoms with E-state index in [0.717, 1.165) is 18.7 Å². The van der Waals surface area contributed by atoms with Crippen LogP contribution in [0.4, 0.5) is 0 Å². The molecule has 1 aliphatic rings. The van der Waals surface area contributed by atoms with E-state index in [9.17, 15) is 4.79 Å². The van der Waals surface area contributed by atoms with Crippen molar-refractivity contribution in [3.8, 4) is 0 Å². The van der Waals surface area contributed by atoms with Crippen LogP contribution in [0.1, 0.15) is 36.7 Å². The van der Waals surface area contributed by atoms with Gasteiger partial charge in [0.2, 0.25) is 0 Å². The third-order valence-corrected chi connectivity index (χ3v) is 2.95. The van der Waals surface area contributed by atoms with Gasteiger partial charge in [-0.1, -0.05) is 0 Å². The minimum atomic E-state index is -0.791. The van der Waals surface area contributed by atoms with E-state index in [1.165, 1.54) is 0 Å². The van der Waals surface area contributed by atoms with Crippen molar-refractivity contribution in [1.29, 1.82) is 0 Å². The summed E-state index contributed by atoms with van der Waals surface area (Å²) in [6.07, 6.45) is 4.86. The molecule has 16 heavy (non-hydrogen) atoms. The molecule has 0 radical (unpaired) electrons. The van der Waals surface area contributed by atoms with Gasteiger partial charge >= 0.3 is 5.97 Å². The summed E-state index contributed by atoms with van der Waals surface area (Å²) in [5, 5.41) is 17.8. The zero-order valence-corrected chi connectivity index (χ0v) is 9.09. The van der Waals surface area contributed by atoms with E-state index >= 15 is 0 Å². The molecule has 1 aromatic rings. The van der Waals surface area contributed by atoms with Gasteiger partial charge < -0.3 is 14.8 Å². The molecule has 1 unspecified atom stereocenters. The van der Waals surface area contributed by atoms with Crippen molar-refractivity contribution < 1.29 is 15.0 Å². The second-order valence-corrected chi connectivity index (χ2v) is 4.14. The molecule has 2 N–H and O–H groups in total. The summed E-state index contributed by atoms with van der Waals surface area (Å²) in [4.78, 5) is 15.4. The molecular formula is C11H16N2O3. The summed E-state index contributed by atoms with van der Waals surface area (Å²) in [7, 11) is 0. The van der Waals surface area contributed by atoms with Crippen LogP contribution < -0.4 is 0 Å². The molecule has 0 bridgehead atoms. The third kappa shape index (κ3) is 2.09. The van der Waals surface area contributed by atoms with Crippen molar-refractivity contribution in [2.75, 3.05) is 6.61 Å². The van der Waals surface area contributed by atoms with Crippen LogP contribution in [0.3, 0.4) is 0 Å². The second-order valence-electron chi connectivity index (χ2n) is 4.14. The Morgan fingerprint density at radius 3 is 3.12 bits per heavy atom. The van der Waals surface area contributed by atoms with E-state index in [4.69, 9.17) is 10.2 Å². The molecule has 1 atom stereocenters. The molecule has 0 saturated carbocycles. The molecule has 0 fully saturated rings. The summed E-state index contributed by atoms with van der Waals surface area (Å²) in [6.45, 7) is 0.996. The largest absolute Gasteiger partial charge is 0.481 e. The summed E-state index contributed by atoms with van der Waals surface area (Å²) in [5.74, 6) is -0.580. The van der Waals surface area contributed by atoms with Gasteiger partial charge in [-0.3, -0.25) is 4.79 Å². The molecule has 0 aliphatic carbocycles. The molecule has 0 aromatic carbocycles. The van der Waals surface area contributed by atoms with Crippen molar-refractivity contribution >= 4 is 5.97 Å². The molecule has 0 saturated heterocycles. The number of imidazole rings is 1. The minimum absolute atomic E-state index is 0.143. The maximum absolute atomic E-state index is 11.0. The highest BCUT2D eigenvalue weighted by molar-refractivity contribution is 5.75. The van der Waals surface area contributed by atoms with Gasteiger partial charge in [-0.2, -0.15) is 0 Å². The normalized spacial score (nSPS) is 19.4. The van der Waals surface area contributed by atoms with E-state index in [1.54, 1.807) is 0 Å². The predicted molar refractivity (Wildman–Crippen MR) is 57.2 cm³/mol. The number of fused-ring (bicyclic) bond motifs is 1. The molecule has 5 nitrogen and oxygen atoms in total. The van der Waals surface area contributed by atoms with E-state index in [-0.39, 0.29) is 6.61 Å². The SMILES string of the molecule is O=C(O)C1CCCn2cc(CCCO)nc21. The Hall–Kier alpha value is -1.36. The van der Waals surface area contributed by atoms with Crippen LogP contribution in [0, 0.1) is 0 Å². The van der Waals surface area contributed by atoms with Gasteiger partial charge in [0.1, 0.15) is 11.7 Å². The van der Waals surface area contributed by atoms with Crippen molar-refractivity contribution in [3.63, 3.8) is 0 Å². The summed E-state index contributed by atoms with van der Waals surface area (Å²) < 4.78 is 1.94. The number of rotatable bonds is 4. The van der Waals surface area contributed by atoms with Crippen LogP contribution >= 0.6 is 0 Å². The Bertz CT molecular complexity index is 387. The molecule has 1 aliphatic heterocycles. The van der Waals surface area contributed by atoms with Crippen LogP contribution in [0.25, 0.3) is 0 Å². The first kappa shape index (κ1) is 11.1. The molecule has 5 heteroatoms. The number of carbonyl (C=O) groups is 1. The first-order valence-electron chi connectivity index (χ1n) is 5.62. The van der Waals surface area contributed by atoms with Crippen molar-refractivity contribution in [2.45, 2.75) is 38.1 Å². The lowest BCUT2D eigenvalue weighted by atomic mass is 9.99. The number of aliphatic hydroxyl groups excluding tert-OH is 1. The Morgan fingerprint density at radius 2 is 2.44 bits per heavy atom. The van der Waals surface area contributed by atoms with Gasteiger partial charge in [-0.25, -0.2) is 4.98 Å². The second kappa shape index (κ2) is 4.65. The van der Waals surface area contributed by atoms with E-state index in [2.05, 4.69) is 4.98 Å². The minimum Gasteiger partial charge on any atom is -0.481 e. The standard InChI is InChI=1S/C11H16N2O3/c14-6-2-3-8-7-13-5-1-4-9(11(15)16)10(13)12-8/h7,9,14H,1-6H2,(H,15,16). The van der Waals surface area contributed by atoms with Gasteiger partial charge in [0, 0.05) is 19.3 Å². The number of aromatic nitrogens is 2. The molecular weight excluding hydrogens is 208 g/mol. The first-order chi connectivity index (χ1) is 7.72. The molecule has 88 valence electrons.